The van der Waals surface area contributed by atoms with Gasteiger partial charge in [0.05, 0.1) is 5.56 Å². The molecule has 4 aliphatic rings. The molecule has 0 N–H and O–H groups in total. The largest absolute Gasteiger partial charge is 0.458 e. The van der Waals surface area contributed by atoms with Gasteiger partial charge in [-0.25, -0.2) is 4.79 Å². The molecule has 0 aliphatic heterocycles. The van der Waals surface area contributed by atoms with Crippen molar-refractivity contribution in [3.8, 4) is 0 Å². The highest BCUT2D eigenvalue weighted by Gasteiger charge is 2.59. The van der Waals surface area contributed by atoms with E-state index >= 15 is 0 Å². The molecule has 3 saturated carbocycles. The van der Waals surface area contributed by atoms with Crippen molar-refractivity contribution in [2.75, 3.05) is 0 Å². The third-order valence-corrected chi connectivity index (χ3v) is 13.5. The predicted octanol–water partition coefficient (Wildman–Crippen LogP) is 11.6. The Morgan fingerprint density at radius 1 is 0.841 bits per heavy atom. The molecule has 0 radical (unpaired) electrons. The van der Waals surface area contributed by atoms with Gasteiger partial charge < -0.3 is 4.74 Å². The number of rotatable bonds is 7. The van der Waals surface area contributed by atoms with Crippen LogP contribution < -0.4 is 0 Å². The maximum atomic E-state index is 13.4. The molecule has 0 aromatic heterocycles. The highest BCUT2D eigenvalue weighted by Crippen LogP contribution is 2.67. The van der Waals surface area contributed by atoms with E-state index in [1.165, 1.54) is 62.1 Å². The lowest BCUT2D eigenvalue weighted by Gasteiger charge is -2.58. The van der Waals surface area contributed by atoms with E-state index in [4.69, 9.17) is 4.74 Å². The second-order valence-corrected chi connectivity index (χ2v) is 16.3. The maximum Gasteiger partial charge on any atom is 0.338 e. The number of carbonyl (C=O) groups excluding carboxylic acids is 1. The van der Waals surface area contributed by atoms with Crippen molar-refractivity contribution >= 4 is 27.5 Å². The molecule has 0 bridgehead atoms. The molecule has 234 valence electrons. The van der Waals surface area contributed by atoms with Gasteiger partial charge in [-0.1, -0.05) is 95.9 Å². The molecule has 8 atom stereocenters. The van der Waals surface area contributed by atoms with Crippen LogP contribution in [0.3, 0.4) is 0 Å². The predicted molar refractivity (Wildman–Crippen MR) is 184 cm³/mol. The SMILES string of the molecule is CC(C)CCC[C@@H](C)[C@H]1CC[C@H]2[C@@H]3CC=C4C[C@@H](OC(=O)c5ccc6cc7ccccc7cc6c5)CC[C@]4(C)[C@H]3CC[C@]12C. The quantitative estimate of drug-likeness (QED) is 0.155. The van der Waals surface area contributed by atoms with Crippen molar-refractivity contribution in [2.45, 2.75) is 111 Å². The summed E-state index contributed by atoms with van der Waals surface area (Å²) in [6.45, 7) is 12.6. The average molecular weight is 591 g/mol. The van der Waals surface area contributed by atoms with Gasteiger partial charge in [0.2, 0.25) is 0 Å². The van der Waals surface area contributed by atoms with Gasteiger partial charge in [0.15, 0.2) is 0 Å². The first-order valence-corrected chi connectivity index (χ1v) is 18.0. The molecule has 7 rings (SSSR count). The van der Waals surface area contributed by atoms with Crippen LogP contribution >= 0.6 is 0 Å². The summed E-state index contributed by atoms with van der Waals surface area (Å²) in [5.41, 5.74) is 3.06. The Bertz CT molecular complexity index is 1560. The maximum absolute atomic E-state index is 13.4. The summed E-state index contributed by atoms with van der Waals surface area (Å²) in [6, 6.07) is 18.8. The summed E-state index contributed by atoms with van der Waals surface area (Å²) in [5.74, 6) is 4.93. The summed E-state index contributed by atoms with van der Waals surface area (Å²) in [6.07, 6.45) is 16.8. The number of allylic oxidation sites excluding steroid dienone is 1. The normalized spacial score (nSPS) is 33.9. The first-order chi connectivity index (χ1) is 21.2. The molecule has 0 amide bonds. The Balaban J connectivity index is 1.02. The van der Waals surface area contributed by atoms with Crippen LogP contribution in [0.15, 0.2) is 66.2 Å². The van der Waals surface area contributed by atoms with Gasteiger partial charge in [-0.3, -0.25) is 0 Å². The number of ether oxygens (including phenoxy) is 1. The topological polar surface area (TPSA) is 26.3 Å². The summed E-state index contributed by atoms with van der Waals surface area (Å²) in [5, 5.41) is 4.68. The van der Waals surface area contributed by atoms with E-state index in [1.54, 1.807) is 5.57 Å². The number of carbonyl (C=O) groups is 1. The van der Waals surface area contributed by atoms with Crippen LogP contribution in [-0.4, -0.2) is 12.1 Å². The number of hydrogen-bond acceptors (Lipinski definition) is 2. The molecule has 0 spiro atoms. The van der Waals surface area contributed by atoms with Crippen molar-refractivity contribution in [1.82, 2.24) is 0 Å². The molecule has 3 aromatic rings. The van der Waals surface area contributed by atoms with E-state index in [2.05, 4.69) is 83.2 Å². The van der Waals surface area contributed by atoms with E-state index < -0.39 is 0 Å². The van der Waals surface area contributed by atoms with Gasteiger partial charge in [-0.2, -0.15) is 0 Å². The molecule has 0 heterocycles. The highest BCUT2D eigenvalue weighted by molar-refractivity contribution is 6.01. The van der Waals surface area contributed by atoms with Crippen LogP contribution in [-0.2, 0) is 4.74 Å². The molecular weight excluding hydrogens is 536 g/mol. The third kappa shape index (κ3) is 5.23. The van der Waals surface area contributed by atoms with Gasteiger partial charge in [-0.05, 0) is 137 Å². The third-order valence-electron chi connectivity index (χ3n) is 13.5. The van der Waals surface area contributed by atoms with Crippen molar-refractivity contribution < 1.29 is 9.53 Å². The van der Waals surface area contributed by atoms with Crippen LogP contribution in [0.4, 0.5) is 0 Å². The van der Waals surface area contributed by atoms with Crippen molar-refractivity contribution in [3.05, 3.63) is 71.8 Å². The summed E-state index contributed by atoms with van der Waals surface area (Å²) in [4.78, 5) is 13.4. The second-order valence-electron chi connectivity index (χ2n) is 16.3. The highest BCUT2D eigenvalue weighted by atomic mass is 16.5. The van der Waals surface area contributed by atoms with E-state index in [9.17, 15) is 4.79 Å². The van der Waals surface area contributed by atoms with Crippen molar-refractivity contribution in [3.63, 3.8) is 0 Å². The van der Waals surface area contributed by atoms with Crippen LogP contribution in [0.25, 0.3) is 21.5 Å². The molecule has 2 heteroatoms. The standard InChI is InChI=1S/C42H54O2/c1-27(2)9-8-10-28(3)37-17-18-38-36-16-15-34-26-35(19-21-41(34,4)39(36)20-22-42(37,38)5)44-40(43)32-14-13-31-23-29-11-6-7-12-30(29)24-33(31)25-32/h6-7,11-15,23-25,27-28,35-39H,8-10,16-22,26H2,1-5H3/t28-,35+,36+,37-,38+,39+,41+,42-/m1/s1. The number of benzene rings is 3. The lowest BCUT2D eigenvalue weighted by Crippen LogP contribution is -2.51. The fraction of sp³-hybridized carbons (Fsp3) is 0.595. The number of esters is 1. The zero-order valence-corrected chi connectivity index (χ0v) is 27.9. The van der Waals surface area contributed by atoms with Gasteiger partial charge in [-0.15, -0.1) is 0 Å². The Morgan fingerprint density at radius 2 is 1.59 bits per heavy atom. The minimum Gasteiger partial charge on any atom is -0.458 e. The van der Waals surface area contributed by atoms with Gasteiger partial charge in [0.1, 0.15) is 6.10 Å². The van der Waals surface area contributed by atoms with Crippen LogP contribution in [0.1, 0.15) is 116 Å². The zero-order chi connectivity index (χ0) is 30.6. The van der Waals surface area contributed by atoms with Crippen molar-refractivity contribution in [2.24, 2.45) is 46.3 Å². The van der Waals surface area contributed by atoms with Gasteiger partial charge >= 0.3 is 5.97 Å². The van der Waals surface area contributed by atoms with E-state index in [0.717, 1.165) is 65.5 Å². The Kier molecular flexibility index (Phi) is 7.95. The first kappa shape index (κ1) is 30.1. The Hall–Kier alpha value is -2.61. The molecule has 0 saturated heterocycles. The number of fused-ring (bicyclic) bond motifs is 7. The minimum absolute atomic E-state index is 0.0120. The summed E-state index contributed by atoms with van der Waals surface area (Å²) < 4.78 is 6.24. The van der Waals surface area contributed by atoms with Gasteiger partial charge in [0.25, 0.3) is 0 Å². The monoisotopic (exact) mass is 590 g/mol. The fourth-order valence-corrected chi connectivity index (χ4v) is 11.0. The van der Waals surface area contributed by atoms with Crippen LogP contribution in [0.5, 0.6) is 0 Å². The molecular formula is C42H54O2. The summed E-state index contributed by atoms with van der Waals surface area (Å²) >= 11 is 0. The Labute approximate surface area is 266 Å². The molecule has 0 unspecified atom stereocenters. The summed E-state index contributed by atoms with van der Waals surface area (Å²) in [7, 11) is 0. The van der Waals surface area contributed by atoms with E-state index in [0.29, 0.717) is 11.0 Å². The number of hydrogen-bond donors (Lipinski definition) is 0. The molecule has 44 heavy (non-hydrogen) atoms. The Morgan fingerprint density at radius 3 is 2.36 bits per heavy atom. The first-order valence-electron chi connectivity index (χ1n) is 18.0. The van der Waals surface area contributed by atoms with E-state index in [1.807, 2.05) is 12.1 Å². The van der Waals surface area contributed by atoms with Crippen molar-refractivity contribution in [1.29, 1.82) is 0 Å². The molecule has 3 aromatic carbocycles. The van der Waals surface area contributed by atoms with Gasteiger partial charge in [0, 0.05) is 6.42 Å². The molecule has 3 fully saturated rings. The molecule has 4 aliphatic carbocycles. The second kappa shape index (κ2) is 11.6. The van der Waals surface area contributed by atoms with Crippen LogP contribution in [0, 0.1) is 46.3 Å². The van der Waals surface area contributed by atoms with E-state index in [-0.39, 0.29) is 17.5 Å². The minimum atomic E-state index is -0.170. The fourth-order valence-electron chi connectivity index (χ4n) is 11.0. The zero-order valence-electron chi connectivity index (χ0n) is 27.9. The van der Waals surface area contributed by atoms with Crippen LogP contribution in [0.2, 0.25) is 0 Å². The smallest absolute Gasteiger partial charge is 0.338 e. The lowest BCUT2D eigenvalue weighted by molar-refractivity contribution is -0.0594. The molecule has 2 nitrogen and oxygen atoms in total. The lowest BCUT2D eigenvalue weighted by atomic mass is 9.47. The average Bonchev–Trinajstić information content (AvgIpc) is 3.37.